The van der Waals surface area contributed by atoms with E-state index in [0.717, 1.165) is 22.4 Å². The van der Waals surface area contributed by atoms with E-state index in [9.17, 15) is 4.39 Å². The van der Waals surface area contributed by atoms with Crippen molar-refractivity contribution >= 4 is 23.4 Å². The van der Waals surface area contributed by atoms with Crippen molar-refractivity contribution in [2.24, 2.45) is 0 Å². The summed E-state index contributed by atoms with van der Waals surface area (Å²) in [7, 11) is 0. The summed E-state index contributed by atoms with van der Waals surface area (Å²) in [6.45, 7) is 2.01. The van der Waals surface area contributed by atoms with E-state index in [1.165, 1.54) is 11.0 Å². The molecule has 2 aromatic carbocycles. The average molecular weight is 281 g/mol. The Kier molecular flexibility index (Phi) is 4.67. The van der Waals surface area contributed by atoms with Crippen molar-refractivity contribution in [1.29, 1.82) is 0 Å². The molecule has 3 heteroatoms. The molecule has 0 aliphatic heterocycles. The van der Waals surface area contributed by atoms with Crippen molar-refractivity contribution in [2.75, 3.05) is 0 Å². The maximum Gasteiger partial charge on any atom is 0.123 e. The smallest absolute Gasteiger partial charge is 0.123 e. The number of thioether (sulfide) groups is 1. The number of halogens is 2. The predicted octanol–water partition coefficient (Wildman–Crippen LogP) is 5.17. The molecule has 0 saturated carbocycles. The molecular formula is C15H14ClFS. The fourth-order valence-corrected chi connectivity index (χ4v) is 2.77. The van der Waals surface area contributed by atoms with Gasteiger partial charge in [0, 0.05) is 16.5 Å². The molecule has 0 nitrogen and oxygen atoms in total. The van der Waals surface area contributed by atoms with Gasteiger partial charge in [-0.2, -0.15) is 0 Å². The normalized spacial score (nSPS) is 10.6. The Morgan fingerprint density at radius 1 is 1.11 bits per heavy atom. The first-order valence-corrected chi connectivity index (χ1v) is 7.24. The molecule has 0 aliphatic carbocycles. The van der Waals surface area contributed by atoms with E-state index in [1.807, 2.05) is 25.1 Å². The standard InChI is InChI=1S/C15H14ClFS/c1-11-2-5-14(17)8-13(11)10-18-15-6-3-12(9-16)4-7-15/h2-8H,9-10H2,1H3. The minimum Gasteiger partial charge on any atom is -0.207 e. The van der Waals surface area contributed by atoms with Gasteiger partial charge in [0.25, 0.3) is 0 Å². The molecule has 0 unspecified atom stereocenters. The summed E-state index contributed by atoms with van der Waals surface area (Å²) in [5.74, 6) is 1.14. The monoisotopic (exact) mass is 280 g/mol. The van der Waals surface area contributed by atoms with Gasteiger partial charge in [0.2, 0.25) is 0 Å². The van der Waals surface area contributed by atoms with Crippen LogP contribution in [0, 0.1) is 12.7 Å². The minimum absolute atomic E-state index is 0.173. The zero-order chi connectivity index (χ0) is 13.0. The lowest BCUT2D eigenvalue weighted by atomic mass is 10.1. The van der Waals surface area contributed by atoms with Gasteiger partial charge in [0.1, 0.15) is 5.82 Å². The van der Waals surface area contributed by atoms with Crippen molar-refractivity contribution in [3.8, 4) is 0 Å². The Morgan fingerprint density at radius 3 is 2.50 bits per heavy atom. The molecule has 0 aromatic heterocycles. The predicted molar refractivity (Wildman–Crippen MR) is 76.7 cm³/mol. The lowest BCUT2D eigenvalue weighted by molar-refractivity contribution is 0.626. The molecule has 94 valence electrons. The molecule has 0 spiro atoms. The van der Waals surface area contributed by atoms with Gasteiger partial charge >= 0.3 is 0 Å². The molecule has 0 heterocycles. The van der Waals surface area contributed by atoms with Crippen LogP contribution in [0.4, 0.5) is 4.39 Å². The number of hydrogen-bond acceptors (Lipinski definition) is 1. The summed E-state index contributed by atoms with van der Waals surface area (Å²) in [5, 5.41) is 0. The van der Waals surface area contributed by atoms with Gasteiger partial charge in [-0.3, -0.25) is 0 Å². The lowest BCUT2D eigenvalue weighted by Crippen LogP contribution is -1.88. The van der Waals surface area contributed by atoms with Gasteiger partial charge in [0.05, 0.1) is 0 Å². The third-order valence-electron chi connectivity index (χ3n) is 2.78. The van der Waals surface area contributed by atoms with Gasteiger partial charge in [0.15, 0.2) is 0 Å². The molecular weight excluding hydrogens is 267 g/mol. The number of benzene rings is 2. The lowest BCUT2D eigenvalue weighted by Gasteiger charge is -2.06. The van der Waals surface area contributed by atoms with Crippen LogP contribution < -0.4 is 0 Å². The third kappa shape index (κ3) is 3.50. The topological polar surface area (TPSA) is 0 Å². The first-order valence-electron chi connectivity index (χ1n) is 5.72. The van der Waals surface area contributed by atoms with E-state index in [0.29, 0.717) is 5.88 Å². The largest absolute Gasteiger partial charge is 0.207 e. The van der Waals surface area contributed by atoms with Crippen LogP contribution in [0.25, 0.3) is 0 Å². The zero-order valence-electron chi connectivity index (χ0n) is 10.1. The average Bonchev–Trinajstić information content (AvgIpc) is 2.40. The van der Waals surface area contributed by atoms with Gasteiger partial charge in [-0.15, -0.1) is 23.4 Å². The zero-order valence-corrected chi connectivity index (χ0v) is 11.7. The number of aryl methyl sites for hydroxylation is 1. The number of hydrogen-bond donors (Lipinski definition) is 0. The van der Waals surface area contributed by atoms with E-state index in [-0.39, 0.29) is 5.82 Å². The maximum atomic E-state index is 13.1. The Bertz CT molecular complexity index is 523. The van der Waals surface area contributed by atoms with Crippen LogP contribution in [-0.4, -0.2) is 0 Å². The van der Waals surface area contributed by atoms with E-state index in [1.54, 1.807) is 17.8 Å². The summed E-state index contributed by atoms with van der Waals surface area (Å²) in [6, 6.07) is 13.1. The highest BCUT2D eigenvalue weighted by atomic mass is 35.5. The Hall–Kier alpha value is -0.990. The van der Waals surface area contributed by atoms with Crippen molar-refractivity contribution in [3.63, 3.8) is 0 Å². The molecule has 0 saturated heterocycles. The van der Waals surface area contributed by atoms with Crippen LogP contribution in [0.1, 0.15) is 16.7 Å². The van der Waals surface area contributed by atoms with Gasteiger partial charge < -0.3 is 0 Å². The van der Waals surface area contributed by atoms with Gasteiger partial charge in [-0.25, -0.2) is 4.39 Å². The molecule has 0 bridgehead atoms. The van der Waals surface area contributed by atoms with Crippen LogP contribution in [-0.2, 0) is 11.6 Å². The first-order chi connectivity index (χ1) is 8.69. The van der Waals surface area contributed by atoms with Gasteiger partial charge in [-0.05, 0) is 47.9 Å². The van der Waals surface area contributed by atoms with Crippen LogP contribution in [0.2, 0.25) is 0 Å². The van der Waals surface area contributed by atoms with Crippen LogP contribution in [0.5, 0.6) is 0 Å². The molecule has 2 aromatic rings. The molecule has 0 N–H and O–H groups in total. The van der Waals surface area contributed by atoms with E-state index < -0.39 is 0 Å². The highest BCUT2D eigenvalue weighted by Crippen LogP contribution is 2.25. The summed E-state index contributed by atoms with van der Waals surface area (Å²) in [5.41, 5.74) is 3.28. The second-order valence-electron chi connectivity index (χ2n) is 4.14. The molecule has 0 atom stereocenters. The van der Waals surface area contributed by atoms with Crippen molar-refractivity contribution in [3.05, 3.63) is 65.0 Å². The number of alkyl halides is 1. The minimum atomic E-state index is -0.173. The molecule has 0 radical (unpaired) electrons. The van der Waals surface area contributed by atoms with Crippen LogP contribution in [0.15, 0.2) is 47.4 Å². The fraction of sp³-hybridized carbons (Fsp3) is 0.200. The van der Waals surface area contributed by atoms with E-state index in [2.05, 4.69) is 12.1 Å². The second-order valence-corrected chi connectivity index (χ2v) is 5.45. The molecule has 0 fully saturated rings. The number of rotatable bonds is 4. The highest BCUT2D eigenvalue weighted by Gasteiger charge is 2.02. The summed E-state index contributed by atoms with van der Waals surface area (Å²) < 4.78 is 13.1. The quantitative estimate of drug-likeness (QED) is 0.550. The fourth-order valence-electron chi connectivity index (χ4n) is 1.63. The molecule has 0 amide bonds. The van der Waals surface area contributed by atoms with Crippen molar-refractivity contribution < 1.29 is 4.39 Å². The molecule has 0 aliphatic rings. The highest BCUT2D eigenvalue weighted by molar-refractivity contribution is 7.98. The maximum absolute atomic E-state index is 13.1. The SMILES string of the molecule is Cc1ccc(F)cc1CSc1ccc(CCl)cc1. The van der Waals surface area contributed by atoms with E-state index >= 15 is 0 Å². The van der Waals surface area contributed by atoms with E-state index in [4.69, 9.17) is 11.6 Å². The molecule has 2 rings (SSSR count). The third-order valence-corrected chi connectivity index (χ3v) is 4.15. The summed E-state index contributed by atoms with van der Waals surface area (Å²) >= 11 is 7.45. The summed E-state index contributed by atoms with van der Waals surface area (Å²) in [4.78, 5) is 1.17. The second kappa shape index (κ2) is 6.26. The summed E-state index contributed by atoms with van der Waals surface area (Å²) in [6.07, 6.45) is 0. The Morgan fingerprint density at radius 2 is 1.83 bits per heavy atom. The molecule has 18 heavy (non-hydrogen) atoms. The van der Waals surface area contributed by atoms with Gasteiger partial charge in [-0.1, -0.05) is 18.2 Å². The first kappa shape index (κ1) is 13.4. The Labute approximate surface area is 116 Å². The van der Waals surface area contributed by atoms with Crippen molar-refractivity contribution in [1.82, 2.24) is 0 Å². The Balaban J connectivity index is 2.04. The van der Waals surface area contributed by atoms with Crippen molar-refractivity contribution in [2.45, 2.75) is 23.5 Å². The van der Waals surface area contributed by atoms with Crippen LogP contribution >= 0.6 is 23.4 Å². The van der Waals surface area contributed by atoms with Crippen LogP contribution in [0.3, 0.4) is 0 Å².